The van der Waals surface area contributed by atoms with E-state index in [9.17, 15) is 0 Å². The maximum atomic E-state index is 6.08. The molecule has 0 radical (unpaired) electrons. The Labute approximate surface area is 121 Å². The highest BCUT2D eigenvalue weighted by atomic mass is 35.5. The van der Waals surface area contributed by atoms with Crippen molar-refractivity contribution in [3.05, 3.63) is 29.3 Å². The van der Waals surface area contributed by atoms with Crippen LogP contribution in [-0.4, -0.2) is 19.3 Å². The largest absolute Gasteiger partial charge is 0.382 e. The van der Waals surface area contributed by atoms with Crippen molar-refractivity contribution in [2.24, 2.45) is 5.41 Å². The van der Waals surface area contributed by atoms with Crippen molar-refractivity contribution in [3.8, 4) is 0 Å². The second-order valence-corrected chi connectivity index (χ2v) is 6.55. The van der Waals surface area contributed by atoms with E-state index in [1.165, 1.54) is 25.7 Å². The smallest absolute Gasteiger partial charge is 0.0642 e. The topological polar surface area (TPSA) is 21.3 Å². The van der Waals surface area contributed by atoms with Crippen LogP contribution in [0.3, 0.4) is 0 Å². The van der Waals surface area contributed by atoms with Crippen LogP contribution in [0.15, 0.2) is 24.3 Å². The van der Waals surface area contributed by atoms with Crippen LogP contribution in [0.4, 0.5) is 5.69 Å². The van der Waals surface area contributed by atoms with Crippen LogP contribution in [0, 0.1) is 5.41 Å². The van der Waals surface area contributed by atoms with E-state index in [4.69, 9.17) is 16.3 Å². The summed E-state index contributed by atoms with van der Waals surface area (Å²) in [4.78, 5) is 0. The number of ether oxygens (including phenoxy) is 1. The zero-order valence-corrected chi connectivity index (χ0v) is 12.7. The average Bonchev–Trinajstić information content (AvgIpc) is 2.38. The molecule has 0 aromatic heterocycles. The first-order valence-electron chi connectivity index (χ1n) is 7.17. The van der Waals surface area contributed by atoms with E-state index in [1.807, 2.05) is 24.3 Å². The van der Waals surface area contributed by atoms with Crippen molar-refractivity contribution in [2.45, 2.75) is 45.6 Å². The molecule has 1 aliphatic carbocycles. The summed E-state index contributed by atoms with van der Waals surface area (Å²) in [6.45, 7) is 6.25. The monoisotopic (exact) mass is 281 g/mol. The van der Waals surface area contributed by atoms with Crippen LogP contribution < -0.4 is 5.32 Å². The number of rotatable bonds is 5. The standard InChI is InChI=1S/C16H24ClNO/c1-16(2)9-7-13(8-10-16)19-12-11-18-15-6-4-3-5-14(15)17/h3-6,13,18H,7-12H2,1-2H3. The molecule has 106 valence electrons. The maximum Gasteiger partial charge on any atom is 0.0642 e. The SMILES string of the molecule is CC1(C)CCC(OCCNc2ccccc2Cl)CC1. The number of hydrogen-bond acceptors (Lipinski definition) is 2. The highest BCUT2D eigenvalue weighted by molar-refractivity contribution is 6.33. The third-order valence-electron chi connectivity index (χ3n) is 3.93. The molecular formula is C16H24ClNO. The summed E-state index contributed by atoms with van der Waals surface area (Å²) in [5.41, 5.74) is 1.49. The molecule has 0 heterocycles. The van der Waals surface area contributed by atoms with Crippen molar-refractivity contribution in [2.75, 3.05) is 18.5 Å². The van der Waals surface area contributed by atoms with Crippen molar-refractivity contribution < 1.29 is 4.74 Å². The lowest BCUT2D eigenvalue weighted by molar-refractivity contribution is 0.00945. The number of hydrogen-bond donors (Lipinski definition) is 1. The molecule has 3 heteroatoms. The molecule has 2 rings (SSSR count). The fraction of sp³-hybridized carbons (Fsp3) is 0.625. The second kappa shape index (κ2) is 6.62. The Morgan fingerprint density at radius 2 is 1.95 bits per heavy atom. The minimum atomic E-state index is 0.445. The van der Waals surface area contributed by atoms with E-state index in [2.05, 4.69) is 19.2 Å². The number of halogens is 1. The Morgan fingerprint density at radius 1 is 1.26 bits per heavy atom. The van der Waals surface area contributed by atoms with Crippen LogP contribution in [0.25, 0.3) is 0 Å². The fourth-order valence-electron chi connectivity index (χ4n) is 2.56. The van der Waals surface area contributed by atoms with Crippen LogP contribution in [-0.2, 0) is 4.74 Å². The Hall–Kier alpha value is -0.730. The van der Waals surface area contributed by atoms with E-state index in [0.29, 0.717) is 11.5 Å². The van der Waals surface area contributed by atoms with Gasteiger partial charge in [-0.3, -0.25) is 0 Å². The molecule has 1 aromatic carbocycles. The summed E-state index contributed by atoms with van der Waals surface area (Å²) in [5, 5.41) is 4.08. The Bertz CT molecular complexity index is 395. The molecule has 0 spiro atoms. The summed E-state index contributed by atoms with van der Waals surface area (Å²) in [6.07, 6.45) is 5.38. The molecule has 1 aliphatic rings. The van der Waals surface area contributed by atoms with E-state index in [-0.39, 0.29) is 0 Å². The normalized spacial score (nSPS) is 19.3. The summed E-state index contributed by atoms with van der Waals surface area (Å²) in [5.74, 6) is 0. The predicted molar refractivity (Wildman–Crippen MR) is 81.9 cm³/mol. The summed E-state index contributed by atoms with van der Waals surface area (Å²) < 4.78 is 5.93. The van der Waals surface area contributed by atoms with Gasteiger partial charge in [0.1, 0.15) is 0 Å². The molecule has 0 saturated heterocycles. The molecule has 1 fully saturated rings. The van der Waals surface area contributed by atoms with Gasteiger partial charge >= 0.3 is 0 Å². The van der Waals surface area contributed by atoms with Gasteiger partial charge in [-0.25, -0.2) is 0 Å². The lowest BCUT2D eigenvalue weighted by Gasteiger charge is -2.34. The van der Waals surface area contributed by atoms with Gasteiger partial charge in [-0.05, 0) is 43.2 Å². The highest BCUT2D eigenvalue weighted by Gasteiger charge is 2.26. The number of nitrogens with one attached hydrogen (secondary N) is 1. The molecule has 0 amide bonds. The summed E-state index contributed by atoms with van der Waals surface area (Å²) >= 11 is 6.08. The minimum absolute atomic E-state index is 0.445. The number of benzene rings is 1. The predicted octanol–water partition coefficient (Wildman–Crippen LogP) is 4.74. The van der Waals surface area contributed by atoms with Crippen molar-refractivity contribution >= 4 is 17.3 Å². The second-order valence-electron chi connectivity index (χ2n) is 6.14. The molecule has 1 aromatic rings. The summed E-state index contributed by atoms with van der Waals surface area (Å²) in [6, 6.07) is 7.81. The molecular weight excluding hydrogens is 258 g/mol. The van der Waals surface area contributed by atoms with Gasteiger partial charge in [0, 0.05) is 6.54 Å². The van der Waals surface area contributed by atoms with Gasteiger partial charge in [0.25, 0.3) is 0 Å². The highest BCUT2D eigenvalue weighted by Crippen LogP contribution is 2.36. The lowest BCUT2D eigenvalue weighted by Crippen LogP contribution is -2.27. The van der Waals surface area contributed by atoms with Gasteiger partial charge < -0.3 is 10.1 Å². The van der Waals surface area contributed by atoms with Crippen molar-refractivity contribution in [1.82, 2.24) is 0 Å². The zero-order chi connectivity index (χ0) is 13.7. The van der Waals surface area contributed by atoms with E-state index in [0.717, 1.165) is 23.9 Å². The summed E-state index contributed by atoms with van der Waals surface area (Å²) in [7, 11) is 0. The number of para-hydroxylation sites is 1. The molecule has 19 heavy (non-hydrogen) atoms. The molecule has 0 unspecified atom stereocenters. The maximum absolute atomic E-state index is 6.08. The molecule has 0 bridgehead atoms. The van der Waals surface area contributed by atoms with E-state index >= 15 is 0 Å². The lowest BCUT2D eigenvalue weighted by atomic mass is 9.76. The average molecular weight is 282 g/mol. The quantitative estimate of drug-likeness (QED) is 0.787. The van der Waals surface area contributed by atoms with Crippen LogP contribution >= 0.6 is 11.6 Å². The van der Waals surface area contributed by atoms with Crippen LogP contribution in [0.2, 0.25) is 5.02 Å². The molecule has 1 saturated carbocycles. The first-order valence-corrected chi connectivity index (χ1v) is 7.55. The van der Waals surface area contributed by atoms with Gasteiger partial charge in [-0.2, -0.15) is 0 Å². The van der Waals surface area contributed by atoms with Crippen LogP contribution in [0.1, 0.15) is 39.5 Å². The molecule has 0 atom stereocenters. The third-order valence-corrected chi connectivity index (χ3v) is 4.26. The Kier molecular flexibility index (Phi) is 5.12. The molecule has 0 aliphatic heterocycles. The van der Waals surface area contributed by atoms with Gasteiger partial charge in [-0.1, -0.05) is 37.6 Å². The third kappa shape index (κ3) is 4.70. The van der Waals surface area contributed by atoms with Gasteiger partial charge in [-0.15, -0.1) is 0 Å². The Morgan fingerprint density at radius 3 is 2.63 bits per heavy atom. The zero-order valence-electron chi connectivity index (χ0n) is 11.9. The van der Waals surface area contributed by atoms with E-state index in [1.54, 1.807) is 0 Å². The van der Waals surface area contributed by atoms with Crippen molar-refractivity contribution in [3.63, 3.8) is 0 Å². The van der Waals surface area contributed by atoms with Crippen LogP contribution in [0.5, 0.6) is 0 Å². The fourth-order valence-corrected chi connectivity index (χ4v) is 2.76. The van der Waals surface area contributed by atoms with Gasteiger partial charge in [0.15, 0.2) is 0 Å². The molecule has 2 nitrogen and oxygen atoms in total. The minimum Gasteiger partial charge on any atom is -0.382 e. The first kappa shape index (κ1) is 14.7. The van der Waals surface area contributed by atoms with E-state index < -0.39 is 0 Å². The van der Waals surface area contributed by atoms with Crippen molar-refractivity contribution in [1.29, 1.82) is 0 Å². The van der Waals surface area contributed by atoms with Gasteiger partial charge in [0.05, 0.1) is 23.4 Å². The Balaban J connectivity index is 1.64. The molecule has 1 N–H and O–H groups in total. The first-order chi connectivity index (χ1) is 9.07. The number of anilines is 1. The van der Waals surface area contributed by atoms with Gasteiger partial charge in [0.2, 0.25) is 0 Å².